The Morgan fingerprint density at radius 1 is 1.39 bits per heavy atom. The van der Waals surface area contributed by atoms with Crippen LogP contribution in [0.5, 0.6) is 0 Å². The molecule has 18 heavy (non-hydrogen) atoms. The Morgan fingerprint density at radius 3 is 2.61 bits per heavy atom. The maximum Gasteiger partial charge on any atom is 0.241 e. The van der Waals surface area contributed by atoms with Crippen LogP contribution in [-0.4, -0.2) is 39.9 Å². The van der Waals surface area contributed by atoms with Gasteiger partial charge in [-0.15, -0.1) is 0 Å². The molecular formula is C12H19NO4S. The molecule has 1 aromatic carbocycles. The molecule has 0 saturated heterocycles. The van der Waals surface area contributed by atoms with E-state index in [1.165, 1.54) is 7.11 Å². The molecule has 0 amide bonds. The number of aliphatic hydroxyl groups excluding tert-OH is 1. The molecule has 1 aromatic rings. The summed E-state index contributed by atoms with van der Waals surface area (Å²) >= 11 is 0. The molecule has 1 atom stereocenters. The Hall–Kier alpha value is -0.950. The summed E-state index contributed by atoms with van der Waals surface area (Å²) in [5, 5.41) is 8.89. The first-order valence-electron chi connectivity index (χ1n) is 5.69. The number of aliphatic hydroxyl groups is 1. The lowest BCUT2D eigenvalue weighted by Crippen LogP contribution is -2.38. The molecule has 0 spiro atoms. The monoisotopic (exact) mass is 273 g/mol. The number of aryl methyl sites for hydroxylation is 1. The van der Waals surface area contributed by atoms with Crippen molar-refractivity contribution in [1.82, 2.24) is 4.72 Å². The molecule has 2 N–H and O–H groups in total. The molecule has 0 fully saturated rings. The molecule has 0 bridgehead atoms. The van der Waals surface area contributed by atoms with E-state index in [1.54, 1.807) is 31.2 Å². The molecule has 0 aromatic heterocycles. The number of methoxy groups -OCH3 is 1. The lowest BCUT2D eigenvalue weighted by Gasteiger charge is -2.17. The van der Waals surface area contributed by atoms with Crippen molar-refractivity contribution in [2.75, 3.05) is 20.3 Å². The van der Waals surface area contributed by atoms with Crippen molar-refractivity contribution in [1.29, 1.82) is 0 Å². The van der Waals surface area contributed by atoms with Crippen LogP contribution in [0.15, 0.2) is 29.2 Å². The number of hydrogen-bond acceptors (Lipinski definition) is 4. The Labute approximate surface area is 108 Å². The summed E-state index contributed by atoms with van der Waals surface area (Å²) in [6, 6.07) is 6.34. The Bertz CT molecular complexity index is 467. The van der Waals surface area contributed by atoms with E-state index in [4.69, 9.17) is 9.84 Å². The highest BCUT2D eigenvalue weighted by molar-refractivity contribution is 7.89. The highest BCUT2D eigenvalue weighted by Gasteiger charge is 2.21. The van der Waals surface area contributed by atoms with Gasteiger partial charge in [0, 0.05) is 19.8 Å². The van der Waals surface area contributed by atoms with Crippen molar-refractivity contribution < 1.29 is 18.3 Å². The van der Waals surface area contributed by atoms with E-state index in [0.717, 1.165) is 0 Å². The topological polar surface area (TPSA) is 75.6 Å². The van der Waals surface area contributed by atoms with E-state index in [2.05, 4.69) is 4.72 Å². The molecule has 0 aliphatic heterocycles. The quantitative estimate of drug-likeness (QED) is 0.765. The van der Waals surface area contributed by atoms with E-state index in [-0.39, 0.29) is 18.1 Å². The van der Waals surface area contributed by atoms with Gasteiger partial charge in [-0.25, -0.2) is 13.1 Å². The van der Waals surface area contributed by atoms with Gasteiger partial charge in [0.05, 0.1) is 11.5 Å². The third-order valence-corrected chi connectivity index (χ3v) is 4.23. The van der Waals surface area contributed by atoms with Crippen LogP contribution in [0.3, 0.4) is 0 Å². The number of ether oxygens (including phenoxy) is 1. The molecule has 1 unspecified atom stereocenters. The van der Waals surface area contributed by atoms with Crippen molar-refractivity contribution in [2.45, 2.75) is 24.3 Å². The standard InChI is InChI=1S/C12H19NO4S/c1-10-5-3-4-6-12(10)18(15,16)13-11(7-8-14)9-17-2/h3-6,11,13-14H,7-9H2,1-2H3. The molecule has 1 rings (SSSR count). The number of nitrogens with one attached hydrogen (secondary N) is 1. The Balaban J connectivity index is 2.90. The first-order chi connectivity index (χ1) is 8.51. The van der Waals surface area contributed by atoms with Gasteiger partial charge in [-0.3, -0.25) is 0 Å². The zero-order valence-electron chi connectivity index (χ0n) is 10.6. The van der Waals surface area contributed by atoms with Crippen LogP contribution in [0.25, 0.3) is 0 Å². The van der Waals surface area contributed by atoms with Gasteiger partial charge in [0.1, 0.15) is 0 Å². The molecule has 0 aliphatic carbocycles. The summed E-state index contributed by atoms with van der Waals surface area (Å²) in [5.41, 5.74) is 0.685. The minimum absolute atomic E-state index is 0.0929. The number of benzene rings is 1. The van der Waals surface area contributed by atoms with Gasteiger partial charge in [-0.1, -0.05) is 18.2 Å². The van der Waals surface area contributed by atoms with Gasteiger partial charge in [0.25, 0.3) is 0 Å². The largest absolute Gasteiger partial charge is 0.396 e. The van der Waals surface area contributed by atoms with Crippen molar-refractivity contribution in [3.05, 3.63) is 29.8 Å². The van der Waals surface area contributed by atoms with Crippen LogP contribution in [0.4, 0.5) is 0 Å². The van der Waals surface area contributed by atoms with E-state index in [1.807, 2.05) is 0 Å². The predicted molar refractivity (Wildman–Crippen MR) is 68.9 cm³/mol. The molecule has 0 aliphatic rings. The maximum atomic E-state index is 12.2. The molecule has 0 radical (unpaired) electrons. The van der Waals surface area contributed by atoms with E-state index in [0.29, 0.717) is 12.0 Å². The summed E-state index contributed by atoms with van der Waals surface area (Å²) in [4.78, 5) is 0.254. The van der Waals surface area contributed by atoms with Crippen LogP contribution in [0.1, 0.15) is 12.0 Å². The number of sulfonamides is 1. The van der Waals surface area contributed by atoms with Crippen LogP contribution in [0, 0.1) is 6.92 Å². The lowest BCUT2D eigenvalue weighted by atomic mass is 10.2. The fraction of sp³-hybridized carbons (Fsp3) is 0.500. The summed E-state index contributed by atoms with van der Waals surface area (Å²) in [5.74, 6) is 0. The normalized spacial score (nSPS) is 13.5. The van der Waals surface area contributed by atoms with Gasteiger partial charge >= 0.3 is 0 Å². The minimum Gasteiger partial charge on any atom is -0.396 e. The van der Waals surface area contributed by atoms with Crippen molar-refractivity contribution in [3.63, 3.8) is 0 Å². The summed E-state index contributed by atoms with van der Waals surface area (Å²) in [7, 11) is -2.08. The second kappa shape index (κ2) is 6.84. The predicted octanol–water partition coefficient (Wildman–Crippen LogP) is 0.671. The van der Waals surface area contributed by atoms with Crippen molar-refractivity contribution in [2.24, 2.45) is 0 Å². The zero-order valence-corrected chi connectivity index (χ0v) is 11.4. The number of hydrogen-bond donors (Lipinski definition) is 2. The van der Waals surface area contributed by atoms with Gasteiger partial charge < -0.3 is 9.84 Å². The van der Waals surface area contributed by atoms with Crippen LogP contribution >= 0.6 is 0 Å². The fourth-order valence-electron chi connectivity index (χ4n) is 1.67. The van der Waals surface area contributed by atoms with E-state index >= 15 is 0 Å². The molecule has 6 heteroatoms. The SMILES string of the molecule is COCC(CCO)NS(=O)(=O)c1ccccc1C. The van der Waals surface area contributed by atoms with Crippen molar-refractivity contribution in [3.8, 4) is 0 Å². The highest BCUT2D eigenvalue weighted by Crippen LogP contribution is 2.14. The maximum absolute atomic E-state index is 12.2. The van der Waals surface area contributed by atoms with E-state index < -0.39 is 16.1 Å². The third-order valence-electron chi connectivity index (χ3n) is 2.55. The molecule has 5 nitrogen and oxygen atoms in total. The van der Waals surface area contributed by atoms with Gasteiger partial charge in [0.2, 0.25) is 10.0 Å². The van der Waals surface area contributed by atoms with Gasteiger partial charge in [-0.2, -0.15) is 0 Å². The summed E-state index contributed by atoms with van der Waals surface area (Å²) in [6.45, 7) is 1.88. The average Bonchev–Trinajstić information content (AvgIpc) is 2.29. The van der Waals surface area contributed by atoms with Gasteiger partial charge in [-0.05, 0) is 25.0 Å². The lowest BCUT2D eigenvalue weighted by molar-refractivity contribution is 0.158. The van der Waals surface area contributed by atoms with Crippen LogP contribution in [-0.2, 0) is 14.8 Å². The molecule has 0 heterocycles. The second-order valence-corrected chi connectivity index (χ2v) is 5.73. The van der Waals surface area contributed by atoms with Crippen LogP contribution < -0.4 is 4.72 Å². The second-order valence-electron chi connectivity index (χ2n) is 4.05. The average molecular weight is 273 g/mol. The Morgan fingerprint density at radius 2 is 2.06 bits per heavy atom. The minimum atomic E-state index is -3.58. The van der Waals surface area contributed by atoms with Crippen LogP contribution in [0.2, 0.25) is 0 Å². The molecule has 102 valence electrons. The molecular weight excluding hydrogens is 254 g/mol. The summed E-state index contributed by atoms with van der Waals surface area (Å²) in [6.07, 6.45) is 0.318. The number of rotatable bonds is 7. The third kappa shape index (κ3) is 4.06. The summed E-state index contributed by atoms with van der Waals surface area (Å²) < 4.78 is 31.8. The smallest absolute Gasteiger partial charge is 0.241 e. The first-order valence-corrected chi connectivity index (χ1v) is 7.17. The first kappa shape index (κ1) is 15.1. The van der Waals surface area contributed by atoms with E-state index in [9.17, 15) is 8.42 Å². The molecule has 0 saturated carbocycles. The highest BCUT2D eigenvalue weighted by atomic mass is 32.2. The fourth-order valence-corrected chi connectivity index (χ4v) is 3.18. The van der Waals surface area contributed by atoms with Gasteiger partial charge in [0.15, 0.2) is 0 Å². The Kier molecular flexibility index (Phi) is 5.74. The zero-order chi connectivity index (χ0) is 13.6. The van der Waals surface area contributed by atoms with Crippen molar-refractivity contribution >= 4 is 10.0 Å².